The summed E-state index contributed by atoms with van der Waals surface area (Å²) in [5, 5.41) is 5.69. The zero-order valence-corrected chi connectivity index (χ0v) is 17.4. The van der Waals surface area contributed by atoms with E-state index in [2.05, 4.69) is 33.5 Å². The minimum absolute atomic E-state index is 0.0690. The van der Waals surface area contributed by atoms with Crippen LogP contribution in [0.1, 0.15) is 54.3 Å². The summed E-state index contributed by atoms with van der Waals surface area (Å²) >= 11 is 3.40. The summed E-state index contributed by atoms with van der Waals surface area (Å²) in [6.45, 7) is 6.47. The fourth-order valence-electron chi connectivity index (χ4n) is 2.38. The van der Waals surface area contributed by atoms with Crippen LogP contribution in [0.25, 0.3) is 0 Å². The van der Waals surface area contributed by atoms with Crippen LogP contribution >= 0.6 is 15.9 Å². The van der Waals surface area contributed by atoms with Gasteiger partial charge in [0.2, 0.25) is 0 Å². The molecule has 0 saturated heterocycles. The Hall–Kier alpha value is -2.34. The first-order valence-corrected chi connectivity index (χ1v) is 9.84. The number of carbonyl (C=O) groups is 2. The van der Waals surface area contributed by atoms with Crippen LogP contribution in [0.5, 0.6) is 5.75 Å². The fourth-order valence-corrected chi connectivity index (χ4v) is 2.74. The van der Waals surface area contributed by atoms with E-state index < -0.39 is 0 Å². The maximum absolute atomic E-state index is 12.7. The zero-order valence-electron chi connectivity index (χ0n) is 15.8. The lowest BCUT2D eigenvalue weighted by Crippen LogP contribution is -2.30. The Kier molecular flexibility index (Phi) is 7.85. The molecular weight excluding hydrogens is 408 g/mol. The lowest BCUT2D eigenvalue weighted by Gasteiger charge is -2.13. The van der Waals surface area contributed by atoms with E-state index in [1.807, 2.05) is 19.9 Å². The van der Waals surface area contributed by atoms with Gasteiger partial charge in [0.1, 0.15) is 5.75 Å². The molecule has 2 rings (SSSR count). The highest BCUT2D eigenvalue weighted by molar-refractivity contribution is 9.10. The number of rotatable bonds is 8. The molecule has 0 unspecified atom stereocenters. The van der Waals surface area contributed by atoms with E-state index in [-0.39, 0.29) is 17.9 Å². The Morgan fingerprint density at radius 2 is 1.78 bits per heavy atom. The SMILES string of the molecule is CCCCOc1ccc(Br)cc1C(=O)Nc1ccc(C(=O)NC(C)C)cc1. The molecule has 0 aliphatic heterocycles. The van der Waals surface area contributed by atoms with Gasteiger partial charge in [-0.3, -0.25) is 9.59 Å². The standard InChI is InChI=1S/C21H25BrN2O3/c1-4-5-12-27-19-11-8-16(22)13-18(19)21(26)24-17-9-6-15(7-10-17)20(25)23-14(2)3/h6-11,13-14H,4-5,12H2,1-3H3,(H,23,25)(H,24,26). The predicted octanol–water partition coefficient (Wildman–Crippen LogP) is 5.02. The molecule has 2 aromatic carbocycles. The molecule has 0 bridgehead atoms. The van der Waals surface area contributed by atoms with Crippen LogP contribution in [0.2, 0.25) is 0 Å². The second-order valence-corrected chi connectivity index (χ2v) is 7.42. The second kappa shape index (κ2) is 10.1. The molecule has 2 N–H and O–H groups in total. The first kappa shape index (κ1) is 21.0. The zero-order chi connectivity index (χ0) is 19.8. The highest BCUT2D eigenvalue weighted by atomic mass is 79.9. The van der Waals surface area contributed by atoms with Crippen molar-refractivity contribution >= 4 is 33.4 Å². The average molecular weight is 433 g/mol. The van der Waals surface area contributed by atoms with E-state index in [4.69, 9.17) is 4.74 Å². The van der Waals surface area contributed by atoms with Gasteiger partial charge in [0.05, 0.1) is 12.2 Å². The first-order valence-electron chi connectivity index (χ1n) is 9.05. The maximum Gasteiger partial charge on any atom is 0.259 e. The summed E-state index contributed by atoms with van der Waals surface area (Å²) in [7, 11) is 0. The van der Waals surface area contributed by atoms with Gasteiger partial charge in [0.25, 0.3) is 11.8 Å². The van der Waals surface area contributed by atoms with Gasteiger partial charge in [-0.05, 0) is 62.7 Å². The Balaban J connectivity index is 2.10. The third-order valence-corrected chi connectivity index (χ3v) is 4.26. The minimum atomic E-state index is -0.262. The number of halogens is 1. The van der Waals surface area contributed by atoms with Gasteiger partial charge in [-0.2, -0.15) is 0 Å². The molecule has 5 nitrogen and oxygen atoms in total. The van der Waals surface area contributed by atoms with Crippen LogP contribution < -0.4 is 15.4 Å². The van der Waals surface area contributed by atoms with Crippen LogP contribution in [-0.4, -0.2) is 24.5 Å². The van der Waals surface area contributed by atoms with Crippen molar-refractivity contribution < 1.29 is 14.3 Å². The van der Waals surface area contributed by atoms with Crippen LogP contribution in [0.4, 0.5) is 5.69 Å². The number of ether oxygens (including phenoxy) is 1. The van der Waals surface area contributed by atoms with Gasteiger partial charge in [-0.25, -0.2) is 0 Å². The van der Waals surface area contributed by atoms with E-state index in [0.29, 0.717) is 29.2 Å². The molecule has 27 heavy (non-hydrogen) atoms. The van der Waals surface area contributed by atoms with Crippen molar-refractivity contribution in [2.45, 2.75) is 39.7 Å². The lowest BCUT2D eigenvalue weighted by atomic mass is 10.1. The van der Waals surface area contributed by atoms with Crippen molar-refractivity contribution in [3.63, 3.8) is 0 Å². The average Bonchev–Trinajstić information content (AvgIpc) is 2.63. The van der Waals surface area contributed by atoms with E-state index in [0.717, 1.165) is 17.3 Å². The smallest absolute Gasteiger partial charge is 0.259 e. The van der Waals surface area contributed by atoms with Crippen molar-refractivity contribution in [1.82, 2.24) is 5.32 Å². The molecule has 0 fully saturated rings. The Labute approximate surface area is 168 Å². The van der Waals surface area contributed by atoms with Crippen LogP contribution in [-0.2, 0) is 0 Å². The van der Waals surface area contributed by atoms with Gasteiger partial charge in [-0.1, -0.05) is 29.3 Å². The van der Waals surface area contributed by atoms with E-state index in [9.17, 15) is 9.59 Å². The quantitative estimate of drug-likeness (QED) is 0.575. The Morgan fingerprint density at radius 1 is 1.07 bits per heavy atom. The summed E-state index contributed by atoms with van der Waals surface area (Å²) in [4.78, 5) is 24.7. The molecule has 2 amide bonds. The second-order valence-electron chi connectivity index (χ2n) is 6.50. The van der Waals surface area contributed by atoms with Gasteiger partial charge in [-0.15, -0.1) is 0 Å². The molecule has 0 saturated carbocycles. The van der Waals surface area contributed by atoms with Crippen molar-refractivity contribution in [2.24, 2.45) is 0 Å². The number of benzene rings is 2. The maximum atomic E-state index is 12.7. The Bertz CT molecular complexity index is 789. The van der Waals surface area contributed by atoms with Crippen molar-refractivity contribution in [1.29, 1.82) is 0 Å². The van der Waals surface area contributed by atoms with Crippen LogP contribution in [0, 0.1) is 0 Å². The number of hydrogen-bond acceptors (Lipinski definition) is 3. The third-order valence-electron chi connectivity index (χ3n) is 3.77. The monoisotopic (exact) mass is 432 g/mol. The largest absolute Gasteiger partial charge is 0.493 e. The molecule has 0 aliphatic carbocycles. The highest BCUT2D eigenvalue weighted by Gasteiger charge is 2.14. The predicted molar refractivity (Wildman–Crippen MR) is 112 cm³/mol. The summed E-state index contributed by atoms with van der Waals surface area (Å²) < 4.78 is 6.55. The van der Waals surface area contributed by atoms with Crippen molar-refractivity contribution in [2.75, 3.05) is 11.9 Å². The van der Waals surface area contributed by atoms with Gasteiger partial charge >= 0.3 is 0 Å². The number of unbranched alkanes of at least 4 members (excludes halogenated alkanes) is 1. The van der Waals surface area contributed by atoms with Gasteiger partial charge < -0.3 is 15.4 Å². The normalized spacial score (nSPS) is 10.6. The van der Waals surface area contributed by atoms with E-state index >= 15 is 0 Å². The number of nitrogens with one attached hydrogen (secondary N) is 2. The molecule has 0 aliphatic rings. The van der Waals surface area contributed by atoms with Gasteiger partial charge in [0, 0.05) is 21.8 Å². The molecular formula is C21H25BrN2O3. The Morgan fingerprint density at radius 3 is 2.41 bits per heavy atom. The van der Waals surface area contributed by atoms with Crippen LogP contribution in [0.3, 0.4) is 0 Å². The molecule has 0 atom stereocenters. The summed E-state index contributed by atoms with van der Waals surface area (Å²) in [5.41, 5.74) is 1.62. The summed E-state index contributed by atoms with van der Waals surface area (Å²) in [6, 6.07) is 12.2. The molecule has 6 heteroatoms. The lowest BCUT2D eigenvalue weighted by molar-refractivity contribution is 0.0942. The summed E-state index contributed by atoms with van der Waals surface area (Å²) in [5.74, 6) is 0.153. The molecule has 0 aromatic heterocycles. The number of hydrogen-bond donors (Lipinski definition) is 2. The fraction of sp³-hybridized carbons (Fsp3) is 0.333. The molecule has 144 valence electrons. The molecule has 0 heterocycles. The first-order chi connectivity index (χ1) is 12.9. The van der Waals surface area contributed by atoms with Crippen molar-refractivity contribution in [3.05, 3.63) is 58.1 Å². The van der Waals surface area contributed by atoms with E-state index in [1.54, 1.807) is 36.4 Å². The highest BCUT2D eigenvalue weighted by Crippen LogP contribution is 2.25. The number of anilines is 1. The third kappa shape index (κ3) is 6.40. The number of amides is 2. The molecule has 0 radical (unpaired) electrons. The number of carbonyl (C=O) groups excluding carboxylic acids is 2. The van der Waals surface area contributed by atoms with Crippen LogP contribution in [0.15, 0.2) is 46.9 Å². The van der Waals surface area contributed by atoms with E-state index in [1.165, 1.54) is 0 Å². The minimum Gasteiger partial charge on any atom is -0.493 e. The molecule has 0 spiro atoms. The van der Waals surface area contributed by atoms with Gasteiger partial charge in [0.15, 0.2) is 0 Å². The molecule has 2 aromatic rings. The summed E-state index contributed by atoms with van der Waals surface area (Å²) in [6.07, 6.45) is 1.95. The van der Waals surface area contributed by atoms with Crippen molar-refractivity contribution in [3.8, 4) is 5.75 Å². The topological polar surface area (TPSA) is 67.4 Å².